The first-order chi connectivity index (χ1) is 17.0. The minimum absolute atomic E-state index is 0.176. The topological polar surface area (TPSA) is 12.5 Å². The average molecular weight is 494 g/mol. The predicted molar refractivity (Wildman–Crippen MR) is 158 cm³/mol. The molecule has 0 bridgehead atoms. The number of rotatable bonds is 15. The molecule has 2 aromatic carbocycles. The van der Waals surface area contributed by atoms with Crippen LogP contribution in [0.3, 0.4) is 0 Å². The normalized spacial score (nSPS) is 15.1. The van der Waals surface area contributed by atoms with Crippen LogP contribution >= 0.6 is 0 Å². The molecular weight excluding hydrogens is 438 g/mol. The molecule has 3 unspecified atom stereocenters. The van der Waals surface area contributed by atoms with Crippen LogP contribution in [0.2, 0.25) is 0 Å². The molecule has 0 heterocycles. The Bertz CT molecular complexity index is 845. The van der Waals surface area contributed by atoms with Gasteiger partial charge in [-0.05, 0) is 113 Å². The first-order valence-electron chi connectivity index (χ1n) is 14.5. The van der Waals surface area contributed by atoms with Crippen molar-refractivity contribution >= 4 is 0 Å². The van der Waals surface area contributed by atoms with Gasteiger partial charge in [-0.25, -0.2) is 0 Å². The van der Waals surface area contributed by atoms with Crippen LogP contribution in [0.5, 0.6) is 5.75 Å². The molecule has 3 atom stereocenters. The van der Waals surface area contributed by atoms with E-state index >= 15 is 0 Å². The van der Waals surface area contributed by atoms with Crippen molar-refractivity contribution in [1.29, 1.82) is 0 Å². The molecule has 0 radical (unpaired) electrons. The lowest BCUT2D eigenvalue weighted by atomic mass is 9.65. The van der Waals surface area contributed by atoms with Crippen LogP contribution in [0.15, 0.2) is 54.6 Å². The summed E-state index contributed by atoms with van der Waals surface area (Å²) in [5.41, 5.74) is 2.97. The summed E-state index contributed by atoms with van der Waals surface area (Å²) >= 11 is 0. The molecule has 0 aliphatic heterocycles. The largest absolute Gasteiger partial charge is 0.488 e. The van der Waals surface area contributed by atoms with Crippen molar-refractivity contribution in [1.82, 2.24) is 4.90 Å². The lowest BCUT2D eigenvalue weighted by Gasteiger charge is -2.39. The highest BCUT2D eigenvalue weighted by Crippen LogP contribution is 2.47. The summed E-state index contributed by atoms with van der Waals surface area (Å²) in [5.74, 6) is 2.77. The molecule has 0 spiro atoms. The first kappa shape index (κ1) is 30.4. The lowest BCUT2D eigenvalue weighted by molar-refractivity contribution is 0.131. The van der Waals surface area contributed by atoms with Crippen molar-refractivity contribution in [3.05, 3.63) is 65.7 Å². The molecule has 0 aromatic heterocycles. The smallest absolute Gasteiger partial charge is 0.120 e. The monoisotopic (exact) mass is 493 g/mol. The van der Waals surface area contributed by atoms with Gasteiger partial charge in [0.2, 0.25) is 0 Å². The van der Waals surface area contributed by atoms with Crippen LogP contribution in [0.1, 0.15) is 117 Å². The van der Waals surface area contributed by atoms with Gasteiger partial charge in [0.15, 0.2) is 0 Å². The molecule has 0 saturated heterocycles. The Morgan fingerprint density at radius 1 is 0.806 bits per heavy atom. The zero-order chi connectivity index (χ0) is 26.8. The predicted octanol–water partition coefficient (Wildman–Crippen LogP) is 9.71. The highest BCUT2D eigenvalue weighted by molar-refractivity contribution is 5.31. The third kappa shape index (κ3) is 9.92. The molecule has 0 aliphatic carbocycles. The second kappa shape index (κ2) is 14.2. The van der Waals surface area contributed by atoms with Crippen LogP contribution in [-0.4, -0.2) is 30.1 Å². The van der Waals surface area contributed by atoms with E-state index in [4.69, 9.17) is 4.74 Å². The van der Waals surface area contributed by atoms with Gasteiger partial charge in [-0.15, -0.1) is 0 Å². The second-order valence-corrected chi connectivity index (χ2v) is 12.6. The van der Waals surface area contributed by atoms with Crippen LogP contribution in [0.25, 0.3) is 0 Å². The third-order valence-electron chi connectivity index (χ3n) is 7.95. The Morgan fingerprint density at radius 2 is 1.42 bits per heavy atom. The Balaban J connectivity index is 2.29. The second-order valence-electron chi connectivity index (χ2n) is 12.6. The summed E-state index contributed by atoms with van der Waals surface area (Å²) in [6.07, 6.45) is 6.16. The SMILES string of the molecule is CCC(C)CC(c1ccc(OC(C)(C)C)cc1)C(C)(C)CC(CCCN(CC)CC)c1ccccc1. The van der Waals surface area contributed by atoms with Gasteiger partial charge in [0, 0.05) is 0 Å². The molecular formula is C34H55NO. The molecule has 0 saturated carbocycles. The fraction of sp³-hybridized carbons (Fsp3) is 0.647. The van der Waals surface area contributed by atoms with Crippen molar-refractivity contribution in [2.45, 2.75) is 112 Å². The minimum atomic E-state index is -0.176. The zero-order valence-electron chi connectivity index (χ0n) is 24.9. The Labute approximate surface area is 223 Å². The van der Waals surface area contributed by atoms with Gasteiger partial charge in [0.05, 0.1) is 0 Å². The summed E-state index contributed by atoms with van der Waals surface area (Å²) in [6.45, 7) is 24.1. The van der Waals surface area contributed by atoms with Gasteiger partial charge in [0.25, 0.3) is 0 Å². The minimum Gasteiger partial charge on any atom is -0.488 e. The maximum atomic E-state index is 6.12. The third-order valence-corrected chi connectivity index (χ3v) is 7.95. The van der Waals surface area contributed by atoms with E-state index in [1.165, 1.54) is 49.8 Å². The molecule has 0 fully saturated rings. The van der Waals surface area contributed by atoms with Crippen molar-refractivity contribution in [3.8, 4) is 5.75 Å². The molecule has 2 nitrogen and oxygen atoms in total. The standard InChI is InChI=1S/C34H55NO/c1-10-27(4)25-32(29-20-22-31(23-21-29)36-33(5,6)7)34(8,9)26-30(28-17-14-13-15-18-28)19-16-24-35(11-2)12-3/h13-15,17-18,20-23,27,30,32H,10-12,16,19,24-26H2,1-9H3. The fourth-order valence-electron chi connectivity index (χ4n) is 5.59. The van der Waals surface area contributed by atoms with Gasteiger partial charge in [-0.1, -0.05) is 90.4 Å². The maximum absolute atomic E-state index is 6.12. The molecule has 36 heavy (non-hydrogen) atoms. The summed E-state index contributed by atoms with van der Waals surface area (Å²) in [6, 6.07) is 20.3. The van der Waals surface area contributed by atoms with Crippen LogP contribution in [-0.2, 0) is 0 Å². The maximum Gasteiger partial charge on any atom is 0.120 e. The van der Waals surface area contributed by atoms with E-state index in [0.717, 1.165) is 18.8 Å². The van der Waals surface area contributed by atoms with E-state index in [2.05, 4.69) is 122 Å². The summed E-state index contributed by atoms with van der Waals surface area (Å²) in [7, 11) is 0. The van der Waals surface area contributed by atoms with Gasteiger partial charge in [-0.3, -0.25) is 0 Å². The van der Waals surface area contributed by atoms with Crippen LogP contribution in [0.4, 0.5) is 0 Å². The summed E-state index contributed by atoms with van der Waals surface area (Å²) < 4.78 is 6.12. The van der Waals surface area contributed by atoms with Crippen LogP contribution < -0.4 is 4.74 Å². The summed E-state index contributed by atoms with van der Waals surface area (Å²) in [5, 5.41) is 0. The number of nitrogens with zero attached hydrogens (tertiary/aromatic N) is 1. The highest BCUT2D eigenvalue weighted by Gasteiger charge is 2.34. The number of benzene rings is 2. The number of hydrogen-bond donors (Lipinski definition) is 0. The number of ether oxygens (including phenoxy) is 1. The molecule has 2 aromatic rings. The first-order valence-corrected chi connectivity index (χ1v) is 14.5. The molecule has 0 N–H and O–H groups in total. The Kier molecular flexibility index (Phi) is 12.0. The Morgan fingerprint density at radius 3 is 1.94 bits per heavy atom. The van der Waals surface area contributed by atoms with Gasteiger partial charge < -0.3 is 9.64 Å². The Hall–Kier alpha value is -1.80. The van der Waals surface area contributed by atoms with E-state index in [9.17, 15) is 0 Å². The average Bonchev–Trinajstić information content (AvgIpc) is 2.84. The van der Waals surface area contributed by atoms with E-state index in [1.807, 2.05) is 0 Å². The summed E-state index contributed by atoms with van der Waals surface area (Å²) in [4.78, 5) is 2.56. The van der Waals surface area contributed by atoms with Crippen molar-refractivity contribution in [2.75, 3.05) is 19.6 Å². The van der Waals surface area contributed by atoms with Gasteiger partial charge in [-0.2, -0.15) is 0 Å². The molecule has 0 amide bonds. The van der Waals surface area contributed by atoms with Crippen molar-refractivity contribution in [3.63, 3.8) is 0 Å². The van der Waals surface area contributed by atoms with Crippen LogP contribution in [0, 0.1) is 11.3 Å². The molecule has 202 valence electrons. The molecule has 2 heteroatoms. The van der Waals surface area contributed by atoms with E-state index in [-0.39, 0.29) is 11.0 Å². The van der Waals surface area contributed by atoms with Gasteiger partial charge >= 0.3 is 0 Å². The lowest BCUT2D eigenvalue weighted by Crippen LogP contribution is -2.28. The van der Waals surface area contributed by atoms with Gasteiger partial charge in [0.1, 0.15) is 11.4 Å². The zero-order valence-corrected chi connectivity index (χ0v) is 24.9. The molecule has 0 aliphatic rings. The van der Waals surface area contributed by atoms with E-state index < -0.39 is 0 Å². The van der Waals surface area contributed by atoms with E-state index in [1.54, 1.807) is 0 Å². The number of hydrogen-bond acceptors (Lipinski definition) is 2. The quantitative estimate of drug-likeness (QED) is 0.245. The molecule has 2 rings (SSSR count). The van der Waals surface area contributed by atoms with Crippen molar-refractivity contribution in [2.24, 2.45) is 11.3 Å². The van der Waals surface area contributed by atoms with E-state index in [0.29, 0.717) is 17.8 Å². The fourth-order valence-corrected chi connectivity index (χ4v) is 5.59. The highest BCUT2D eigenvalue weighted by atomic mass is 16.5. The van der Waals surface area contributed by atoms with Crippen molar-refractivity contribution < 1.29 is 4.74 Å².